The van der Waals surface area contributed by atoms with Gasteiger partial charge in [0, 0.05) is 22.1 Å². The van der Waals surface area contributed by atoms with Crippen molar-refractivity contribution in [3.05, 3.63) is 94.0 Å². The van der Waals surface area contributed by atoms with Gasteiger partial charge in [0.25, 0.3) is 5.91 Å². The van der Waals surface area contributed by atoms with E-state index in [2.05, 4.69) is 15.9 Å². The Labute approximate surface area is 189 Å². The molecule has 1 fully saturated rings. The van der Waals surface area contributed by atoms with Crippen LogP contribution in [-0.2, 0) is 0 Å². The summed E-state index contributed by atoms with van der Waals surface area (Å²) in [6.45, 7) is 3.91. The molecular weight excluding hydrogens is 456 g/mol. The topological polar surface area (TPSA) is 49.9 Å². The van der Waals surface area contributed by atoms with Crippen molar-refractivity contribution in [3.63, 3.8) is 0 Å². The summed E-state index contributed by atoms with van der Waals surface area (Å²) in [6, 6.07) is 21.7. The third-order valence-corrected chi connectivity index (χ3v) is 6.67. The molecule has 3 amide bonds. The van der Waals surface area contributed by atoms with Crippen LogP contribution in [0.4, 0.5) is 10.5 Å². The quantitative estimate of drug-likeness (QED) is 0.450. The Kier molecular flexibility index (Phi) is 4.63. The number of aryl methyl sites for hydroxylation is 1. The molecule has 0 spiro atoms. The summed E-state index contributed by atoms with van der Waals surface area (Å²) in [6.07, 6.45) is 0.472. The van der Waals surface area contributed by atoms with Crippen LogP contribution in [0.2, 0.25) is 0 Å². The molecule has 5 rings (SSSR count). The molecule has 0 aromatic heterocycles. The van der Waals surface area contributed by atoms with Gasteiger partial charge >= 0.3 is 6.03 Å². The number of benzene rings is 3. The standard InChI is InChI=1S/C25H21BrN2O3/c1-16-11-13-17(14-12-16)28-24(30)27(23(29)18-7-3-5-9-20(18)26)21-15-25(28,2)31-22-10-6-4-8-19(21)22/h3-14,21H,15H2,1-2H3/t21-,25+/m0/s1. The fourth-order valence-electron chi connectivity index (χ4n) is 4.48. The zero-order chi connectivity index (χ0) is 21.8. The number of imide groups is 1. The molecule has 1 saturated heterocycles. The zero-order valence-corrected chi connectivity index (χ0v) is 18.8. The molecule has 2 aliphatic rings. The normalized spacial score (nSPS) is 22.0. The van der Waals surface area contributed by atoms with Crippen molar-refractivity contribution in [2.24, 2.45) is 0 Å². The van der Waals surface area contributed by atoms with Gasteiger partial charge < -0.3 is 4.74 Å². The number of urea groups is 1. The molecule has 0 aliphatic carbocycles. The fourth-order valence-corrected chi connectivity index (χ4v) is 4.93. The number of halogens is 1. The Bertz CT molecular complexity index is 1190. The lowest BCUT2D eigenvalue weighted by molar-refractivity contribution is 0.00265. The maximum Gasteiger partial charge on any atom is 0.335 e. The third-order valence-electron chi connectivity index (χ3n) is 5.98. The number of carbonyl (C=O) groups excluding carboxylic acids is 2. The molecule has 3 aromatic carbocycles. The van der Waals surface area contributed by atoms with E-state index in [1.165, 1.54) is 4.90 Å². The molecular formula is C25H21BrN2O3. The molecule has 156 valence electrons. The molecule has 3 aromatic rings. The number of rotatable bonds is 2. The van der Waals surface area contributed by atoms with Crippen LogP contribution < -0.4 is 9.64 Å². The van der Waals surface area contributed by atoms with Gasteiger partial charge in [-0.15, -0.1) is 0 Å². The highest BCUT2D eigenvalue weighted by molar-refractivity contribution is 9.10. The number of fused-ring (bicyclic) bond motifs is 4. The van der Waals surface area contributed by atoms with Crippen molar-refractivity contribution in [2.75, 3.05) is 4.90 Å². The maximum absolute atomic E-state index is 13.9. The van der Waals surface area contributed by atoms with Crippen LogP contribution in [0.5, 0.6) is 5.75 Å². The van der Waals surface area contributed by atoms with Gasteiger partial charge in [0.15, 0.2) is 5.72 Å². The van der Waals surface area contributed by atoms with Crippen LogP contribution in [0.25, 0.3) is 0 Å². The van der Waals surface area contributed by atoms with Crippen LogP contribution in [0.3, 0.4) is 0 Å². The molecule has 0 N–H and O–H groups in total. The van der Waals surface area contributed by atoms with Gasteiger partial charge in [0.2, 0.25) is 0 Å². The first-order valence-corrected chi connectivity index (χ1v) is 11.0. The van der Waals surface area contributed by atoms with Crippen molar-refractivity contribution in [3.8, 4) is 5.75 Å². The lowest BCUT2D eigenvalue weighted by Gasteiger charge is -2.53. The number of carbonyl (C=O) groups is 2. The van der Waals surface area contributed by atoms with Gasteiger partial charge in [-0.25, -0.2) is 4.79 Å². The highest BCUT2D eigenvalue weighted by Crippen LogP contribution is 2.49. The third kappa shape index (κ3) is 3.13. The fraction of sp³-hybridized carbons (Fsp3) is 0.200. The summed E-state index contributed by atoms with van der Waals surface area (Å²) in [5, 5.41) is 0. The predicted molar refractivity (Wildman–Crippen MR) is 122 cm³/mol. The van der Waals surface area contributed by atoms with Crippen molar-refractivity contribution in [1.29, 1.82) is 0 Å². The number of ether oxygens (including phenoxy) is 1. The van der Waals surface area contributed by atoms with Gasteiger partial charge in [-0.1, -0.05) is 48.0 Å². The van der Waals surface area contributed by atoms with Crippen LogP contribution in [0.1, 0.15) is 40.9 Å². The van der Waals surface area contributed by atoms with Crippen molar-refractivity contribution < 1.29 is 14.3 Å². The highest BCUT2D eigenvalue weighted by Gasteiger charge is 2.55. The molecule has 2 heterocycles. The Hall–Kier alpha value is -3.12. The minimum absolute atomic E-state index is 0.335. The van der Waals surface area contributed by atoms with Gasteiger partial charge in [0.1, 0.15) is 5.75 Å². The molecule has 2 bridgehead atoms. The summed E-state index contributed by atoms with van der Waals surface area (Å²) in [5.74, 6) is 0.356. The monoisotopic (exact) mass is 476 g/mol. The molecule has 2 aliphatic heterocycles. The van der Waals surface area contributed by atoms with Crippen LogP contribution in [-0.4, -0.2) is 22.6 Å². The van der Waals surface area contributed by atoms with E-state index in [0.717, 1.165) is 11.1 Å². The lowest BCUT2D eigenvalue weighted by Crippen LogP contribution is -2.67. The van der Waals surface area contributed by atoms with Gasteiger partial charge in [-0.3, -0.25) is 14.6 Å². The average Bonchev–Trinajstić information content (AvgIpc) is 2.75. The first-order valence-electron chi connectivity index (χ1n) is 10.2. The first kappa shape index (κ1) is 19.8. The van der Waals surface area contributed by atoms with Crippen molar-refractivity contribution >= 4 is 33.6 Å². The predicted octanol–water partition coefficient (Wildman–Crippen LogP) is 6.08. The molecule has 5 nitrogen and oxygen atoms in total. The number of anilines is 1. The second-order valence-electron chi connectivity index (χ2n) is 8.14. The Morgan fingerprint density at radius 3 is 2.45 bits per heavy atom. The highest BCUT2D eigenvalue weighted by atomic mass is 79.9. The Morgan fingerprint density at radius 2 is 1.71 bits per heavy atom. The molecule has 0 radical (unpaired) electrons. The van der Waals surface area contributed by atoms with Gasteiger partial charge in [-0.05, 0) is 60.1 Å². The van der Waals surface area contributed by atoms with Crippen LogP contribution >= 0.6 is 15.9 Å². The van der Waals surface area contributed by atoms with Crippen LogP contribution in [0.15, 0.2) is 77.3 Å². The zero-order valence-electron chi connectivity index (χ0n) is 17.2. The molecule has 6 heteroatoms. The van der Waals surface area contributed by atoms with E-state index >= 15 is 0 Å². The summed E-state index contributed by atoms with van der Waals surface area (Å²) < 4.78 is 7.03. The van der Waals surface area contributed by atoms with E-state index in [4.69, 9.17) is 4.74 Å². The summed E-state index contributed by atoms with van der Waals surface area (Å²) in [5.41, 5.74) is 2.17. The van der Waals surface area contributed by atoms with E-state index in [9.17, 15) is 9.59 Å². The van der Waals surface area contributed by atoms with E-state index in [0.29, 0.717) is 27.9 Å². The second kappa shape index (κ2) is 7.24. The first-order chi connectivity index (χ1) is 14.9. The number of hydrogen-bond donors (Lipinski definition) is 0. The lowest BCUT2D eigenvalue weighted by atomic mass is 9.88. The molecule has 31 heavy (non-hydrogen) atoms. The molecule has 0 saturated carbocycles. The van der Waals surface area contributed by atoms with E-state index < -0.39 is 17.8 Å². The molecule has 2 atom stereocenters. The Balaban J connectivity index is 1.68. The van der Waals surface area contributed by atoms with E-state index in [-0.39, 0.29) is 5.91 Å². The smallest absolute Gasteiger partial charge is 0.335 e. The van der Waals surface area contributed by atoms with Crippen LogP contribution in [0, 0.1) is 6.92 Å². The Morgan fingerprint density at radius 1 is 1.03 bits per heavy atom. The minimum atomic E-state index is -0.907. The summed E-state index contributed by atoms with van der Waals surface area (Å²) in [7, 11) is 0. The van der Waals surface area contributed by atoms with Crippen molar-refractivity contribution in [1.82, 2.24) is 4.90 Å². The minimum Gasteiger partial charge on any atom is -0.467 e. The number of hydrogen-bond acceptors (Lipinski definition) is 3. The van der Waals surface area contributed by atoms with Crippen molar-refractivity contribution in [2.45, 2.75) is 32.0 Å². The van der Waals surface area contributed by atoms with Gasteiger partial charge in [0.05, 0.1) is 11.6 Å². The number of para-hydroxylation sites is 1. The largest absolute Gasteiger partial charge is 0.467 e. The number of amides is 3. The van der Waals surface area contributed by atoms with E-state index in [1.54, 1.807) is 23.1 Å². The maximum atomic E-state index is 13.9. The van der Waals surface area contributed by atoms with Gasteiger partial charge in [-0.2, -0.15) is 0 Å². The summed E-state index contributed by atoms with van der Waals surface area (Å²) >= 11 is 3.46. The second-order valence-corrected chi connectivity index (χ2v) is 9.00. The molecule has 0 unspecified atom stereocenters. The SMILES string of the molecule is Cc1ccc(N2C(=O)N(C(=O)c3ccccc3Br)[C@H]3C[C@@]2(C)Oc2ccccc23)cc1. The average molecular weight is 477 g/mol. The summed E-state index contributed by atoms with van der Waals surface area (Å²) in [4.78, 5) is 30.6. The number of nitrogens with zero attached hydrogens (tertiary/aromatic N) is 2. The van der Waals surface area contributed by atoms with E-state index in [1.807, 2.05) is 68.4 Å².